The molecule has 0 saturated heterocycles. The van der Waals surface area contributed by atoms with Crippen molar-refractivity contribution < 1.29 is 13.2 Å². The number of hydrogen-bond acceptors (Lipinski definition) is 5. The minimum absolute atomic E-state index is 0.0315. The highest BCUT2D eigenvalue weighted by molar-refractivity contribution is 9.10. The number of ether oxygens (including phenoxy) is 1. The highest BCUT2D eigenvalue weighted by Gasteiger charge is 2.21. The molecule has 0 aliphatic carbocycles. The van der Waals surface area contributed by atoms with Gasteiger partial charge in [-0.3, -0.25) is 4.57 Å². The fraction of sp³-hybridized carbons (Fsp3) is 0.0769. The van der Waals surface area contributed by atoms with Gasteiger partial charge >= 0.3 is 0 Å². The van der Waals surface area contributed by atoms with Gasteiger partial charge in [-0.2, -0.15) is 0 Å². The normalized spacial score (nSPS) is 11.8. The fourth-order valence-electron chi connectivity index (χ4n) is 2.22. The number of sulfonamides is 1. The molecular weight excluding hydrogens is 408 g/mol. The molecule has 2 heterocycles. The molecule has 0 radical (unpaired) electrons. The van der Waals surface area contributed by atoms with Crippen LogP contribution in [0.4, 0.5) is 0 Å². The number of nitrogens with zero attached hydrogens (tertiary/aromatic N) is 3. The lowest BCUT2D eigenvalue weighted by Crippen LogP contribution is -2.11. The van der Waals surface area contributed by atoms with E-state index in [2.05, 4.69) is 25.9 Å². The van der Waals surface area contributed by atoms with Crippen molar-refractivity contribution in [2.24, 2.45) is 5.14 Å². The molecule has 120 valence electrons. The van der Waals surface area contributed by atoms with Crippen LogP contribution in [0.1, 0.15) is 0 Å². The molecule has 7 nitrogen and oxygen atoms in total. The van der Waals surface area contributed by atoms with Crippen molar-refractivity contribution in [1.82, 2.24) is 14.5 Å². The number of rotatable bonds is 3. The number of methoxy groups -OCH3 is 1. The Bertz CT molecular complexity index is 1020. The summed E-state index contributed by atoms with van der Waals surface area (Å²) in [7, 11) is -2.48. The Morgan fingerprint density at radius 2 is 2.13 bits per heavy atom. The minimum Gasteiger partial charge on any atom is -0.478 e. The monoisotopic (exact) mass is 416 g/mol. The number of fused-ring (bicyclic) bond motifs is 1. The largest absolute Gasteiger partial charge is 0.478 e. The van der Waals surface area contributed by atoms with E-state index < -0.39 is 10.0 Å². The highest BCUT2D eigenvalue weighted by Crippen LogP contribution is 2.31. The van der Waals surface area contributed by atoms with E-state index in [1.807, 2.05) is 0 Å². The summed E-state index contributed by atoms with van der Waals surface area (Å²) < 4.78 is 30.9. The predicted molar refractivity (Wildman–Crippen MR) is 89.5 cm³/mol. The molecule has 0 aliphatic heterocycles. The Hall–Kier alpha value is -1.68. The van der Waals surface area contributed by atoms with Crippen molar-refractivity contribution in [3.05, 3.63) is 40.2 Å². The van der Waals surface area contributed by atoms with Crippen LogP contribution in [0, 0.1) is 0 Å². The van der Waals surface area contributed by atoms with E-state index in [4.69, 9.17) is 21.5 Å². The second kappa shape index (κ2) is 5.75. The highest BCUT2D eigenvalue weighted by atomic mass is 79.9. The van der Waals surface area contributed by atoms with Crippen LogP contribution in [0.25, 0.3) is 16.7 Å². The molecule has 0 aliphatic rings. The average Bonchev–Trinajstić information content (AvgIpc) is 2.85. The summed E-state index contributed by atoms with van der Waals surface area (Å²) in [6.07, 6.45) is 2.85. The van der Waals surface area contributed by atoms with Gasteiger partial charge in [0.1, 0.15) is 9.50 Å². The van der Waals surface area contributed by atoms with E-state index in [1.165, 1.54) is 24.1 Å². The van der Waals surface area contributed by atoms with Crippen LogP contribution in [-0.2, 0) is 10.0 Å². The van der Waals surface area contributed by atoms with E-state index in [-0.39, 0.29) is 10.8 Å². The maximum atomic E-state index is 11.8. The van der Waals surface area contributed by atoms with Crippen LogP contribution in [0.5, 0.6) is 5.88 Å². The Balaban J connectivity index is 2.41. The molecule has 0 bridgehead atoms. The second-order valence-corrected chi connectivity index (χ2v) is 7.37. The Kier molecular flexibility index (Phi) is 4.05. The lowest BCUT2D eigenvalue weighted by molar-refractivity contribution is 0.392. The number of hydrogen-bond donors (Lipinski definition) is 1. The summed E-state index contributed by atoms with van der Waals surface area (Å²) in [5, 5.41) is 6.18. The molecule has 3 rings (SSSR count). The lowest BCUT2D eigenvalue weighted by atomic mass is 10.2. The summed E-state index contributed by atoms with van der Waals surface area (Å²) in [6.45, 7) is 0. The van der Waals surface area contributed by atoms with Gasteiger partial charge < -0.3 is 4.74 Å². The predicted octanol–water partition coefficient (Wildman–Crippen LogP) is 2.49. The Morgan fingerprint density at radius 3 is 2.78 bits per heavy atom. The van der Waals surface area contributed by atoms with Crippen molar-refractivity contribution in [2.45, 2.75) is 4.90 Å². The zero-order chi connectivity index (χ0) is 16.8. The van der Waals surface area contributed by atoms with E-state index >= 15 is 0 Å². The number of aromatic nitrogens is 3. The molecule has 23 heavy (non-hydrogen) atoms. The van der Waals surface area contributed by atoms with Gasteiger partial charge in [-0.05, 0) is 34.1 Å². The molecule has 0 unspecified atom stereocenters. The number of benzene rings is 1. The van der Waals surface area contributed by atoms with Crippen molar-refractivity contribution >= 4 is 48.5 Å². The third kappa shape index (κ3) is 2.92. The van der Waals surface area contributed by atoms with Gasteiger partial charge in [-0.15, -0.1) is 0 Å². The molecule has 0 fully saturated rings. The van der Waals surface area contributed by atoms with Crippen LogP contribution in [0.15, 0.2) is 40.1 Å². The van der Waals surface area contributed by atoms with Gasteiger partial charge in [0.05, 0.1) is 18.8 Å². The van der Waals surface area contributed by atoms with E-state index in [0.717, 1.165) is 0 Å². The molecule has 3 aromatic rings. The summed E-state index contributed by atoms with van der Waals surface area (Å²) in [4.78, 5) is 8.38. The van der Waals surface area contributed by atoms with Gasteiger partial charge in [0.15, 0.2) is 0 Å². The van der Waals surface area contributed by atoms with Crippen molar-refractivity contribution in [2.75, 3.05) is 7.11 Å². The first-order valence-corrected chi connectivity index (χ1v) is 8.93. The van der Waals surface area contributed by atoms with Crippen LogP contribution in [0.3, 0.4) is 0 Å². The lowest BCUT2D eigenvalue weighted by Gasteiger charge is -2.09. The number of nitrogens with two attached hydrogens (primary N) is 1. The van der Waals surface area contributed by atoms with E-state index in [1.54, 1.807) is 18.2 Å². The Morgan fingerprint density at radius 1 is 1.39 bits per heavy atom. The van der Waals surface area contributed by atoms with Gasteiger partial charge in [0, 0.05) is 16.6 Å². The molecule has 0 spiro atoms. The van der Waals surface area contributed by atoms with Gasteiger partial charge in [0.25, 0.3) is 5.88 Å². The smallest absolute Gasteiger partial charge is 0.259 e. The van der Waals surface area contributed by atoms with Gasteiger partial charge in [-0.1, -0.05) is 11.6 Å². The minimum atomic E-state index is -3.92. The standard InChI is InChI=1S/C13H10BrClN4O3S/c1-22-13-12(17-5-11(14)18-13)19-6-10(23(16,20)21)8-3-2-7(15)4-9(8)19/h2-6H,1H3,(H2,16,20,21). The average molecular weight is 418 g/mol. The summed E-state index contributed by atoms with van der Waals surface area (Å²) >= 11 is 9.24. The van der Waals surface area contributed by atoms with Crippen LogP contribution >= 0.6 is 27.5 Å². The summed E-state index contributed by atoms with van der Waals surface area (Å²) in [6, 6.07) is 4.80. The molecule has 2 N–H and O–H groups in total. The van der Waals surface area contributed by atoms with Crippen molar-refractivity contribution in [3.63, 3.8) is 0 Å². The SMILES string of the molecule is COc1nc(Br)cnc1-n1cc(S(N)(=O)=O)c2ccc(Cl)cc21. The molecule has 1 aromatic carbocycles. The summed E-state index contributed by atoms with van der Waals surface area (Å²) in [5.74, 6) is 0.537. The number of primary sulfonamides is 1. The third-order valence-electron chi connectivity index (χ3n) is 3.15. The molecule has 10 heteroatoms. The molecular formula is C13H10BrClN4O3S. The molecule has 0 atom stereocenters. The second-order valence-electron chi connectivity index (χ2n) is 4.60. The maximum absolute atomic E-state index is 11.8. The van der Waals surface area contributed by atoms with Crippen LogP contribution in [0.2, 0.25) is 5.02 Å². The topological polar surface area (TPSA) is 100 Å². The fourth-order valence-corrected chi connectivity index (χ4v) is 3.38. The molecule has 0 saturated carbocycles. The van der Waals surface area contributed by atoms with Crippen LogP contribution in [-0.4, -0.2) is 30.1 Å². The third-order valence-corrected chi connectivity index (χ3v) is 4.71. The van der Waals surface area contributed by atoms with Gasteiger partial charge in [-0.25, -0.2) is 23.5 Å². The Labute approximate surface area is 145 Å². The quantitative estimate of drug-likeness (QED) is 0.705. The van der Waals surface area contributed by atoms with Crippen molar-refractivity contribution in [3.8, 4) is 11.7 Å². The first-order chi connectivity index (χ1) is 10.8. The van der Waals surface area contributed by atoms with Crippen molar-refractivity contribution in [1.29, 1.82) is 0 Å². The molecule has 0 amide bonds. The first kappa shape index (κ1) is 16.2. The zero-order valence-electron chi connectivity index (χ0n) is 11.7. The zero-order valence-corrected chi connectivity index (χ0v) is 14.9. The summed E-state index contributed by atoms with van der Waals surface area (Å²) in [5.41, 5.74) is 0.524. The number of halogens is 2. The van der Waals surface area contributed by atoms with E-state index in [9.17, 15) is 8.42 Å². The first-order valence-electron chi connectivity index (χ1n) is 6.21. The maximum Gasteiger partial charge on any atom is 0.259 e. The van der Waals surface area contributed by atoms with Crippen LogP contribution < -0.4 is 9.88 Å². The van der Waals surface area contributed by atoms with E-state index in [0.29, 0.717) is 26.3 Å². The molecule has 2 aromatic heterocycles. The van der Waals surface area contributed by atoms with Gasteiger partial charge in [0.2, 0.25) is 15.8 Å².